The molecule has 0 unspecified atom stereocenters. The number of benzene rings is 1. The number of amides is 3. The molecule has 3 amide bonds. The fourth-order valence-electron chi connectivity index (χ4n) is 3.80. The van der Waals surface area contributed by atoms with Gasteiger partial charge in [0.2, 0.25) is 5.91 Å². The fourth-order valence-corrected chi connectivity index (χ4v) is 3.80. The van der Waals surface area contributed by atoms with Crippen LogP contribution in [0.15, 0.2) is 24.3 Å². The largest absolute Gasteiger partial charge is 0.497 e. The van der Waals surface area contributed by atoms with Crippen LogP contribution in [-0.4, -0.2) is 67.6 Å². The van der Waals surface area contributed by atoms with Gasteiger partial charge in [-0.1, -0.05) is 12.1 Å². The Morgan fingerprint density at radius 3 is 2.77 bits per heavy atom. The minimum absolute atomic E-state index is 0.0446. The Labute approximate surface area is 154 Å². The highest BCUT2D eigenvalue weighted by Crippen LogP contribution is 2.30. The molecule has 3 rings (SSSR count). The zero-order chi connectivity index (χ0) is 18.6. The van der Waals surface area contributed by atoms with Crippen molar-refractivity contribution in [2.75, 3.05) is 40.3 Å². The maximum atomic E-state index is 12.7. The first kappa shape index (κ1) is 18.5. The van der Waals surface area contributed by atoms with E-state index in [1.165, 1.54) is 0 Å². The number of hydrogen-bond donors (Lipinski definition) is 2. The summed E-state index contributed by atoms with van der Waals surface area (Å²) in [6.45, 7) is 3.35. The Kier molecular flexibility index (Phi) is 5.66. The lowest BCUT2D eigenvalue weighted by molar-refractivity contribution is -0.121. The minimum Gasteiger partial charge on any atom is -0.497 e. The van der Waals surface area contributed by atoms with Crippen molar-refractivity contribution < 1.29 is 14.3 Å². The number of ether oxygens (including phenoxy) is 1. The average molecular weight is 360 g/mol. The molecule has 142 valence electrons. The predicted molar refractivity (Wildman–Crippen MR) is 99.0 cm³/mol. The molecule has 1 aromatic rings. The van der Waals surface area contributed by atoms with Crippen molar-refractivity contribution >= 4 is 11.9 Å². The second-order valence-corrected chi connectivity index (χ2v) is 7.17. The van der Waals surface area contributed by atoms with Gasteiger partial charge in [-0.05, 0) is 37.6 Å². The smallest absolute Gasteiger partial charge is 0.317 e. The molecule has 2 aliphatic rings. The van der Waals surface area contributed by atoms with Crippen molar-refractivity contribution in [2.45, 2.75) is 31.3 Å². The summed E-state index contributed by atoms with van der Waals surface area (Å²) in [5.74, 6) is 0.911. The van der Waals surface area contributed by atoms with Gasteiger partial charge in [0.1, 0.15) is 5.75 Å². The predicted octanol–water partition coefficient (Wildman–Crippen LogP) is 1.19. The number of nitrogens with zero attached hydrogens (tertiary/aromatic N) is 2. The summed E-state index contributed by atoms with van der Waals surface area (Å²) in [6.07, 6.45) is 2.18. The van der Waals surface area contributed by atoms with E-state index in [0.717, 1.165) is 30.7 Å². The maximum Gasteiger partial charge on any atom is 0.317 e. The summed E-state index contributed by atoms with van der Waals surface area (Å²) in [5, 5.41) is 5.95. The zero-order valence-electron chi connectivity index (χ0n) is 15.6. The topological polar surface area (TPSA) is 73.9 Å². The highest BCUT2D eigenvalue weighted by Gasteiger charge is 2.42. The van der Waals surface area contributed by atoms with Crippen LogP contribution < -0.4 is 15.4 Å². The van der Waals surface area contributed by atoms with E-state index < -0.39 is 0 Å². The number of nitrogens with one attached hydrogen (secondary N) is 2. The van der Waals surface area contributed by atoms with E-state index in [1.54, 1.807) is 7.11 Å². The molecule has 7 heteroatoms. The summed E-state index contributed by atoms with van der Waals surface area (Å²) >= 11 is 0. The number of carbonyl (C=O) groups excluding carboxylic acids is 2. The van der Waals surface area contributed by atoms with Crippen LogP contribution in [0.2, 0.25) is 0 Å². The van der Waals surface area contributed by atoms with Gasteiger partial charge in [0.25, 0.3) is 0 Å². The molecule has 1 spiro atoms. The van der Waals surface area contributed by atoms with Gasteiger partial charge in [0.15, 0.2) is 0 Å². The molecule has 0 saturated carbocycles. The Balaban J connectivity index is 1.59. The average Bonchev–Trinajstić information content (AvgIpc) is 2.85. The summed E-state index contributed by atoms with van der Waals surface area (Å²) in [5.41, 5.74) is 0.918. The van der Waals surface area contributed by atoms with Gasteiger partial charge in [-0.25, -0.2) is 4.79 Å². The normalized spacial score (nSPS) is 24.1. The standard InChI is InChI=1S/C19H28N4O3/c1-22-11-12-23(14-19(22)8-7-17(24)20-10-9-19)18(25)21-13-15-3-5-16(26-2)6-4-15/h3-6H,7-14H2,1-2H3,(H,20,24)(H,21,25)/t19-/m0/s1. The minimum atomic E-state index is -0.116. The van der Waals surface area contributed by atoms with Crippen LogP contribution in [0.1, 0.15) is 24.8 Å². The molecular weight excluding hydrogens is 332 g/mol. The third-order valence-electron chi connectivity index (χ3n) is 5.62. The second kappa shape index (κ2) is 7.95. The molecule has 0 aromatic heterocycles. The van der Waals surface area contributed by atoms with E-state index in [2.05, 4.69) is 22.6 Å². The van der Waals surface area contributed by atoms with Crippen LogP contribution in [0.3, 0.4) is 0 Å². The summed E-state index contributed by atoms with van der Waals surface area (Å²) < 4.78 is 5.15. The van der Waals surface area contributed by atoms with Crippen LogP contribution >= 0.6 is 0 Å². The third-order valence-corrected chi connectivity index (χ3v) is 5.62. The van der Waals surface area contributed by atoms with E-state index in [4.69, 9.17) is 4.74 Å². The molecule has 7 nitrogen and oxygen atoms in total. The summed E-state index contributed by atoms with van der Waals surface area (Å²) in [6, 6.07) is 7.64. The van der Waals surface area contributed by atoms with Crippen LogP contribution in [-0.2, 0) is 11.3 Å². The molecule has 2 N–H and O–H groups in total. The number of carbonyl (C=O) groups is 2. The van der Waals surface area contributed by atoms with Gasteiger partial charge >= 0.3 is 6.03 Å². The van der Waals surface area contributed by atoms with Crippen LogP contribution in [0.4, 0.5) is 4.79 Å². The number of likely N-dealkylation sites (N-methyl/N-ethyl adjacent to an activating group) is 1. The van der Waals surface area contributed by atoms with E-state index in [-0.39, 0.29) is 17.5 Å². The summed E-state index contributed by atoms with van der Waals surface area (Å²) in [4.78, 5) is 28.6. The Hall–Kier alpha value is -2.28. The first-order valence-corrected chi connectivity index (χ1v) is 9.16. The molecular formula is C19H28N4O3. The Morgan fingerprint density at radius 1 is 1.27 bits per heavy atom. The number of urea groups is 1. The lowest BCUT2D eigenvalue weighted by atomic mass is 9.86. The van der Waals surface area contributed by atoms with Crippen LogP contribution in [0.25, 0.3) is 0 Å². The fraction of sp³-hybridized carbons (Fsp3) is 0.579. The van der Waals surface area contributed by atoms with Crippen molar-refractivity contribution in [1.29, 1.82) is 0 Å². The second-order valence-electron chi connectivity index (χ2n) is 7.17. The lowest BCUT2D eigenvalue weighted by Crippen LogP contribution is -2.63. The van der Waals surface area contributed by atoms with Crippen LogP contribution in [0, 0.1) is 0 Å². The van der Waals surface area contributed by atoms with Gasteiger partial charge in [-0.15, -0.1) is 0 Å². The monoisotopic (exact) mass is 360 g/mol. The van der Waals surface area contributed by atoms with Gasteiger partial charge < -0.3 is 20.3 Å². The first-order chi connectivity index (χ1) is 12.5. The molecule has 2 aliphatic heterocycles. The van der Waals surface area contributed by atoms with Crippen molar-refractivity contribution in [2.24, 2.45) is 0 Å². The maximum absolute atomic E-state index is 12.7. The Morgan fingerprint density at radius 2 is 2.04 bits per heavy atom. The SMILES string of the molecule is COc1ccc(CNC(=O)N2CCN(C)[C@@]3(CCNC(=O)CC3)C2)cc1. The quantitative estimate of drug-likeness (QED) is 0.849. The van der Waals surface area contributed by atoms with Gasteiger partial charge in [-0.3, -0.25) is 9.69 Å². The van der Waals surface area contributed by atoms with Gasteiger partial charge in [-0.2, -0.15) is 0 Å². The molecule has 0 bridgehead atoms. The van der Waals surface area contributed by atoms with Crippen molar-refractivity contribution in [3.63, 3.8) is 0 Å². The molecule has 0 aliphatic carbocycles. The third kappa shape index (κ3) is 4.09. The molecule has 2 heterocycles. The number of methoxy groups -OCH3 is 1. The van der Waals surface area contributed by atoms with E-state index in [0.29, 0.717) is 32.6 Å². The lowest BCUT2D eigenvalue weighted by Gasteiger charge is -2.49. The molecule has 1 aromatic carbocycles. The van der Waals surface area contributed by atoms with Crippen LogP contribution in [0.5, 0.6) is 5.75 Å². The molecule has 2 saturated heterocycles. The van der Waals surface area contributed by atoms with Crippen molar-refractivity contribution in [3.8, 4) is 5.75 Å². The van der Waals surface area contributed by atoms with E-state index in [1.807, 2.05) is 29.2 Å². The zero-order valence-corrected chi connectivity index (χ0v) is 15.6. The molecule has 2 fully saturated rings. The van der Waals surface area contributed by atoms with Crippen molar-refractivity contribution in [1.82, 2.24) is 20.4 Å². The van der Waals surface area contributed by atoms with E-state index in [9.17, 15) is 9.59 Å². The van der Waals surface area contributed by atoms with Gasteiger partial charge in [0, 0.05) is 44.7 Å². The highest BCUT2D eigenvalue weighted by molar-refractivity contribution is 5.76. The Bertz CT molecular complexity index is 649. The number of rotatable bonds is 3. The van der Waals surface area contributed by atoms with Gasteiger partial charge in [0.05, 0.1) is 7.11 Å². The molecule has 1 atom stereocenters. The molecule has 26 heavy (non-hydrogen) atoms. The van der Waals surface area contributed by atoms with E-state index >= 15 is 0 Å². The highest BCUT2D eigenvalue weighted by atomic mass is 16.5. The number of piperazine rings is 1. The first-order valence-electron chi connectivity index (χ1n) is 9.16. The number of hydrogen-bond acceptors (Lipinski definition) is 4. The summed E-state index contributed by atoms with van der Waals surface area (Å²) in [7, 11) is 3.74. The molecule has 0 radical (unpaired) electrons. The van der Waals surface area contributed by atoms with Crippen molar-refractivity contribution in [3.05, 3.63) is 29.8 Å².